The van der Waals surface area contributed by atoms with E-state index in [-0.39, 0.29) is 5.92 Å². The van der Waals surface area contributed by atoms with E-state index in [4.69, 9.17) is 0 Å². The van der Waals surface area contributed by atoms with Gasteiger partial charge in [-0.1, -0.05) is 19.8 Å². The van der Waals surface area contributed by atoms with Crippen molar-refractivity contribution in [2.45, 2.75) is 13.8 Å². The summed E-state index contributed by atoms with van der Waals surface area (Å²) in [5.74, 6) is 2.61. The molecule has 46 valence electrons. The van der Waals surface area contributed by atoms with Crippen LogP contribution in [0.4, 0.5) is 0 Å². The van der Waals surface area contributed by atoms with Gasteiger partial charge in [-0.3, -0.25) is 4.21 Å². The fourth-order valence-electron chi connectivity index (χ4n) is 0.166. The van der Waals surface area contributed by atoms with Gasteiger partial charge in [0, 0.05) is 17.0 Å². The molecule has 0 saturated heterocycles. The van der Waals surface area contributed by atoms with E-state index in [0.717, 1.165) is 0 Å². The third-order valence-corrected chi connectivity index (χ3v) is 0.715. The maximum absolute atomic E-state index is 9.73. The Kier molecular flexibility index (Phi) is 3.49. The van der Waals surface area contributed by atoms with E-state index >= 15 is 0 Å². The summed E-state index contributed by atoms with van der Waals surface area (Å²) in [6.45, 7) is 3.67. The number of rotatable bonds is 0. The van der Waals surface area contributed by atoms with Crippen molar-refractivity contribution in [2.75, 3.05) is 0 Å². The first-order valence-electron chi connectivity index (χ1n) is 2.23. The molecule has 0 bridgehead atoms. The highest BCUT2D eigenvalue weighted by Crippen LogP contribution is 1.85. The summed E-state index contributed by atoms with van der Waals surface area (Å²) in [5, 5.41) is 2.01. The maximum atomic E-state index is 9.73. The molecule has 0 amide bonds. The fraction of sp³-hybridized carbons (Fsp3) is 0.600. The summed E-state index contributed by atoms with van der Waals surface area (Å²) < 4.78 is 19.5. The monoisotopic (exact) mass is 131 g/mol. The summed E-state index contributed by atoms with van der Waals surface area (Å²) in [7, 11) is 0. The second kappa shape index (κ2) is 3.65. The van der Waals surface area contributed by atoms with Crippen molar-refractivity contribution in [1.29, 1.82) is 0 Å². The molecule has 0 N–H and O–H groups in total. The van der Waals surface area contributed by atoms with Crippen molar-refractivity contribution in [3.63, 3.8) is 0 Å². The molecule has 0 aliphatic carbocycles. The van der Waals surface area contributed by atoms with Crippen LogP contribution in [-0.4, -0.2) is 8.76 Å². The predicted molar refractivity (Wildman–Crippen MR) is 31.5 cm³/mol. The van der Waals surface area contributed by atoms with Crippen LogP contribution in [-0.2, 0) is 11.1 Å². The lowest BCUT2D eigenvalue weighted by Gasteiger charge is -1.90. The second-order valence-electron chi connectivity index (χ2n) is 1.64. The van der Waals surface area contributed by atoms with Crippen LogP contribution >= 0.6 is 0 Å². The zero-order chi connectivity index (χ0) is 6.57. The first-order chi connectivity index (χ1) is 3.63. The first kappa shape index (κ1) is 7.67. The molecule has 1 unspecified atom stereocenters. The Morgan fingerprint density at radius 1 is 1.62 bits per heavy atom. The summed E-state index contributed by atoms with van der Waals surface area (Å²) in [6, 6.07) is 0. The Hall–Kier alpha value is -0.330. The van der Waals surface area contributed by atoms with E-state index in [9.17, 15) is 8.76 Å². The van der Waals surface area contributed by atoms with Crippen LogP contribution in [0.3, 0.4) is 0 Å². The van der Waals surface area contributed by atoms with E-state index in [1.807, 2.05) is 19.1 Å². The van der Waals surface area contributed by atoms with Crippen molar-refractivity contribution >= 4 is 11.1 Å². The quantitative estimate of drug-likeness (QED) is 0.354. The van der Waals surface area contributed by atoms with Crippen LogP contribution < -0.4 is 0 Å². The van der Waals surface area contributed by atoms with Crippen LogP contribution in [0.25, 0.3) is 0 Å². The van der Waals surface area contributed by atoms with Gasteiger partial charge < -0.3 is 4.55 Å². The third kappa shape index (κ3) is 5.67. The Balaban J connectivity index is 3.68. The Morgan fingerprint density at radius 3 is 2.25 bits per heavy atom. The third-order valence-electron chi connectivity index (χ3n) is 0.431. The molecule has 2 nitrogen and oxygen atoms in total. The lowest BCUT2D eigenvalue weighted by molar-refractivity contribution is 0.548. The Labute approximate surface area is 51.6 Å². The molecule has 8 heavy (non-hydrogen) atoms. The van der Waals surface area contributed by atoms with E-state index < -0.39 is 11.1 Å². The molecule has 0 aromatic rings. The average Bonchev–Trinajstić information content (AvgIpc) is 1.61. The second-order valence-corrected chi connectivity index (χ2v) is 2.31. The van der Waals surface area contributed by atoms with Gasteiger partial charge >= 0.3 is 0 Å². The van der Waals surface area contributed by atoms with Gasteiger partial charge in [0.25, 0.3) is 0 Å². The average molecular weight is 131 g/mol. The topological polar surface area (TPSA) is 40.1 Å². The molecule has 0 fully saturated rings. The zero-order valence-corrected chi connectivity index (χ0v) is 5.62. The first-order valence-corrected chi connectivity index (χ1v) is 3.31. The van der Waals surface area contributed by atoms with Gasteiger partial charge in [-0.25, -0.2) is 0 Å². The predicted octanol–water partition coefficient (Wildman–Crippen LogP) is 0.482. The van der Waals surface area contributed by atoms with E-state index in [0.29, 0.717) is 0 Å². The largest absolute Gasteiger partial charge is 0.762 e. The standard InChI is InChI=1S/C5H8O2S/c1-5(2)3-4-8(6)7/h5H,1-2H3,(H,6,7)/p-1. The van der Waals surface area contributed by atoms with Gasteiger partial charge in [0.2, 0.25) is 0 Å². The molecule has 0 saturated carbocycles. The molecule has 0 spiro atoms. The maximum Gasteiger partial charge on any atom is 0.0247 e. The highest BCUT2D eigenvalue weighted by molar-refractivity contribution is 7.84. The highest BCUT2D eigenvalue weighted by atomic mass is 32.2. The van der Waals surface area contributed by atoms with Gasteiger partial charge in [0.1, 0.15) is 0 Å². The van der Waals surface area contributed by atoms with Crippen molar-refractivity contribution in [3.8, 4) is 11.2 Å². The van der Waals surface area contributed by atoms with Gasteiger partial charge in [-0.2, -0.15) is 0 Å². The molecular formula is C5H7O2S-. The summed E-state index contributed by atoms with van der Waals surface area (Å²) in [4.78, 5) is 0. The normalized spacial score (nSPS) is 12.5. The lowest BCUT2D eigenvalue weighted by atomic mass is 10.2. The van der Waals surface area contributed by atoms with Crippen molar-refractivity contribution in [1.82, 2.24) is 0 Å². The molecule has 0 aromatic carbocycles. The van der Waals surface area contributed by atoms with Gasteiger partial charge in [0.15, 0.2) is 0 Å². The van der Waals surface area contributed by atoms with Crippen LogP contribution in [0.15, 0.2) is 0 Å². The molecule has 3 heteroatoms. The minimum absolute atomic E-state index is 0.132. The van der Waals surface area contributed by atoms with Crippen LogP contribution in [0.5, 0.6) is 0 Å². The smallest absolute Gasteiger partial charge is 0.0247 e. The van der Waals surface area contributed by atoms with E-state index in [2.05, 4.69) is 5.92 Å². The van der Waals surface area contributed by atoms with Gasteiger partial charge in [-0.15, -0.1) is 0 Å². The molecule has 0 radical (unpaired) electrons. The Bertz CT molecular complexity index is 140. The minimum atomic E-state index is -2.20. The molecule has 0 rings (SSSR count). The van der Waals surface area contributed by atoms with E-state index in [1.165, 1.54) is 0 Å². The van der Waals surface area contributed by atoms with Gasteiger partial charge in [0.05, 0.1) is 0 Å². The number of hydrogen-bond donors (Lipinski definition) is 0. The summed E-state index contributed by atoms with van der Waals surface area (Å²) in [5.41, 5.74) is 0. The lowest BCUT2D eigenvalue weighted by Crippen LogP contribution is -1.82. The molecular weight excluding hydrogens is 124 g/mol. The highest BCUT2D eigenvalue weighted by Gasteiger charge is 1.78. The van der Waals surface area contributed by atoms with E-state index in [1.54, 1.807) is 0 Å². The SMILES string of the molecule is CC(C)C#CS(=O)[O-]. The minimum Gasteiger partial charge on any atom is -0.762 e. The van der Waals surface area contributed by atoms with Crippen molar-refractivity contribution in [2.24, 2.45) is 5.92 Å². The molecule has 0 heterocycles. The van der Waals surface area contributed by atoms with Crippen LogP contribution in [0, 0.1) is 17.1 Å². The molecule has 0 aliphatic rings. The van der Waals surface area contributed by atoms with Crippen molar-refractivity contribution in [3.05, 3.63) is 0 Å². The molecule has 0 aromatic heterocycles. The van der Waals surface area contributed by atoms with Crippen LogP contribution in [0.2, 0.25) is 0 Å². The zero-order valence-electron chi connectivity index (χ0n) is 4.80. The molecule has 0 aliphatic heterocycles. The van der Waals surface area contributed by atoms with Gasteiger partial charge in [-0.05, 0) is 5.25 Å². The summed E-state index contributed by atoms with van der Waals surface area (Å²) in [6.07, 6.45) is 0. The molecule has 1 atom stereocenters. The Morgan fingerprint density at radius 2 is 2.12 bits per heavy atom. The van der Waals surface area contributed by atoms with Crippen LogP contribution in [0.1, 0.15) is 13.8 Å². The summed E-state index contributed by atoms with van der Waals surface area (Å²) >= 11 is -2.20. The number of hydrogen-bond acceptors (Lipinski definition) is 2. The fourth-order valence-corrected chi connectivity index (χ4v) is 0.498. The van der Waals surface area contributed by atoms with Crippen molar-refractivity contribution < 1.29 is 8.76 Å².